The highest BCUT2D eigenvalue weighted by Gasteiger charge is 2.31. The molecule has 128 valence electrons. The van der Waals surface area contributed by atoms with Crippen LogP contribution in [0.4, 0.5) is 5.69 Å². The zero-order chi connectivity index (χ0) is 17.0. The fourth-order valence-corrected chi connectivity index (χ4v) is 3.63. The van der Waals surface area contributed by atoms with Crippen molar-refractivity contribution in [3.63, 3.8) is 0 Å². The van der Waals surface area contributed by atoms with Crippen molar-refractivity contribution in [3.8, 4) is 0 Å². The zero-order valence-corrected chi connectivity index (χ0v) is 16.1. The van der Waals surface area contributed by atoms with Gasteiger partial charge in [0, 0.05) is 29.4 Å². The van der Waals surface area contributed by atoms with Gasteiger partial charge in [0.15, 0.2) is 0 Å². The molecule has 0 aliphatic carbocycles. The number of allylic oxidation sites excluding steroid dienone is 1. The molecule has 1 heterocycles. The van der Waals surface area contributed by atoms with Crippen LogP contribution in [-0.4, -0.2) is 18.6 Å². The Balaban J connectivity index is 2.38. The predicted molar refractivity (Wildman–Crippen MR) is 103 cm³/mol. The van der Waals surface area contributed by atoms with E-state index < -0.39 is 0 Å². The van der Waals surface area contributed by atoms with E-state index in [-0.39, 0.29) is 5.54 Å². The first-order valence-corrected chi connectivity index (χ1v) is 9.29. The fraction of sp³-hybridized carbons (Fsp3) is 0.600. The van der Waals surface area contributed by atoms with Gasteiger partial charge in [0.2, 0.25) is 0 Å². The largest absolute Gasteiger partial charge is 0.362 e. The standard InChI is InChI=1S/C20H31ClN2/c1-6-8-10-23-19-12-18(21)16(14-22-9-7-2)11-17(19)15(3)13-20(23,4)5/h11-13,22H,6-10,14H2,1-5H3. The monoisotopic (exact) mass is 334 g/mol. The van der Waals surface area contributed by atoms with Crippen LogP contribution in [0.5, 0.6) is 0 Å². The van der Waals surface area contributed by atoms with Crippen molar-refractivity contribution in [2.45, 2.75) is 66.0 Å². The van der Waals surface area contributed by atoms with Crippen LogP contribution in [0.25, 0.3) is 5.57 Å². The van der Waals surface area contributed by atoms with Crippen LogP contribution < -0.4 is 10.2 Å². The lowest BCUT2D eigenvalue weighted by atomic mass is 9.87. The molecule has 0 fully saturated rings. The summed E-state index contributed by atoms with van der Waals surface area (Å²) in [4.78, 5) is 2.51. The fourth-order valence-electron chi connectivity index (χ4n) is 3.40. The van der Waals surface area contributed by atoms with E-state index in [0.29, 0.717) is 0 Å². The number of benzene rings is 1. The molecule has 0 saturated heterocycles. The first-order chi connectivity index (χ1) is 10.9. The summed E-state index contributed by atoms with van der Waals surface area (Å²) in [6.07, 6.45) is 5.94. The number of anilines is 1. The second kappa shape index (κ2) is 7.72. The maximum Gasteiger partial charge on any atom is 0.0534 e. The summed E-state index contributed by atoms with van der Waals surface area (Å²) in [7, 11) is 0. The Labute approximate surface area is 146 Å². The molecule has 3 heteroatoms. The first kappa shape index (κ1) is 18.4. The number of nitrogens with zero attached hydrogens (tertiary/aromatic N) is 1. The third-order valence-corrected chi connectivity index (χ3v) is 4.98. The third kappa shape index (κ3) is 4.10. The van der Waals surface area contributed by atoms with Crippen LogP contribution in [0.15, 0.2) is 18.2 Å². The van der Waals surface area contributed by atoms with Gasteiger partial charge in [-0.15, -0.1) is 0 Å². The van der Waals surface area contributed by atoms with E-state index in [0.717, 1.165) is 31.1 Å². The van der Waals surface area contributed by atoms with Gasteiger partial charge < -0.3 is 10.2 Å². The van der Waals surface area contributed by atoms with Crippen molar-refractivity contribution < 1.29 is 0 Å². The van der Waals surface area contributed by atoms with Crippen molar-refractivity contribution in [2.75, 3.05) is 18.0 Å². The smallest absolute Gasteiger partial charge is 0.0534 e. The Morgan fingerprint density at radius 3 is 2.57 bits per heavy atom. The SMILES string of the molecule is CCCCN1c2cc(Cl)c(CNCCC)cc2C(C)=CC1(C)C. The van der Waals surface area contributed by atoms with Gasteiger partial charge in [-0.05, 0) is 63.4 Å². The Morgan fingerprint density at radius 2 is 1.91 bits per heavy atom. The summed E-state index contributed by atoms with van der Waals surface area (Å²) in [5, 5.41) is 4.33. The molecule has 0 atom stereocenters. The van der Waals surface area contributed by atoms with Crippen molar-refractivity contribution in [1.29, 1.82) is 0 Å². The minimum absolute atomic E-state index is 0.0392. The number of nitrogens with one attached hydrogen (secondary N) is 1. The van der Waals surface area contributed by atoms with Gasteiger partial charge in [0.05, 0.1) is 5.54 Å². The highest BCUT2D eigenvalue weighted by Crippen LogP contribution is 2.41. The summed E-state index contributed by atoms with van der Waals surface area (Å²) >= 11 is 6.59. The first-order valence-electron chi connectivity index (χ1n) is 8.91. The molecule has 0 saturated carbocycles. The molecule has 1 aliphatic rings. The van der Waals surface area contributed by atoms with Gasteiger partial charge in [0.1, 0.15) is 0 Å². The Bertz CT molecular complexity index is 575. The molecule has 0 spiro atoms. The molecule has 0 radical (unpaired) electrons. The average molecular weight is 335 g/mol. The van der Waals surface area contributed by atoms with E-state index in [4.69, 9.17) is 11.6 Å². The quantitative estimate of drug-likeness (QED) is 0.649. The van der Waals surface area contributed by atoms with Crippen LogP contribution in [0.1, 0.15) is 65.0 Å². The lowest BCUT2D eigenvalue weighted by molar-refractivity contribution is 0.540. The molecule has 0 aromatic heterocycles. The van der Waals surface area contributed by atoms with E-state index in [9.17, 15) is 0 Å². The van der Waals surface area contributed by atoms with Gasteiger partial charge in [-0.3, -0.25) is 0 Å². The van der Waals surface area contributed by atoms with Crippen LogP contribution in [0.3, 0.4) is 0 Å². The number of hydrogen-bond donors (Lipinski definition) is 1. The van der Waals surface area contributed by atoms with Crippen molar-refractivity contribution >= 4 is 22.9 Å². The summed E-state index contributed by atoms with van der Waals surface area (Å²) in [5.41, 5.74) is 5.20. The van der Waals surface area contributed by atoms with Gasteiger partial charge in [-0.2, -0.15) is 0 Å². The molecule has 0 bridgehead atoms. The summed E-state index contributed by atoms with van der Waals surface area (Å²) in [6, 6.07) is 4.45. The van der Waals surface area contributed by atoms with Gasteiger partial charge >= 0.3 is 0 Å². The summed E-state index contributed by atoms with van der Waals surface area (Å²) in [6.45, 7) is 14.2. The predicted octanol–water partition coefficient (Wildman–Crippen LogP) is 5.64. The Morgan fingerprint density at radius 1 is 1.17 bits per heavy atom. The topological polar surface area (TPSA) is 15.3 Å². The van der Waals surface area contributed by atoms with Crippen LogP contribution in [0.2, 0.25) is 5.02 Å². The van der Waals surface area contributed by atoms with Crippen LogP contribution >= 0.6 is 11.6 Å². The molecular formula is C20H31ClN2. The van der Waals surface area contributed by atoms with Crippen LogP contribution in [0, 0.1) is 0 Å². The average Bonchev–Trinajstić information content (AvgIpc) is 2.47. The van der Waals surface area contributed by atoms with E-state index >= 15 is 0 Å². The molecule has 23 heavy (non-hydrogen) atoms. The zero-order valence-electron chi connectivity index (χ0n) is 15.3. The minimum atomic E-state index is 0.0392. The maximum absolute atomic E-state index is 6.59. The minimum Gasteiger partial charge on any atom is -0.362 e. The molecule has 1 aromatic carbocycles. The lowest BCUT2D eigenvalue weighted by Crippen LogP contribution is -2.45. The molecule has 1 N–H and O–H groups in total. The van der Waals surface area contributed by atoms with E-state index in [1.807, 2.05) is 0 Å². The van der Waals surface area contributed by atoms with E-state index in [1.165, 1.54) is 35.2 Å². The third-order valence-electron chi connectivity index (χ3n) is 4.62. The summed E-state index contributed by atoms with van der Waals surface area (Å²) in [5.74, 6) is 0. The van der Waals surface area contributed by atoms with Gasteiger partial charge in [-0.25, -0.2) is 0 Å². The Kier molecular flexibility index (Phi) is 6.16. The summed E-state index contributed by atoms with van der Waals surface area (Å²) < 4.78 is 0. The maximum atomic E-state index is 6.59. The van der Waals surface area contributed by atoms with E-state index in [1.54, 1.807) is 0 Å². The normalized spacial score (nSPS) is 16.3. The Hall–Kier alpha value is -0.990. The van der Waals surface area contributed by atoms with E-state index in [2.05, 4.69) is 63.0 Å². The second-order valence-corrected chi connectivity index (χ2v) is 7.53. The van der Waals surface area contributed by atoms with Gasteiger partial charge in [0.25, 0.3) is 0 Å². The molecule has 2 rings (SSSR count). The van der Waals surface area contributed by atoms with Gasteiger partial charge in [-0.1, -0.05) is 37.9 Å². The molecule has 2 nitrogen and oxygen atoms in total. The van der Waals surface area contributed by atoms with Crippen molar-refractivity contribution in [3.05, 3.63) is 34.4 Å². The highest BCUT2D eigenvalue weighted by atomic mass is 35.5. The van der Waals surface area contributed by atoms with Crippen LogP contribution in [-0.2, 0) is 6.54 Å². The number of unbranched alkanes of at least 4 members (excludes halogenated alkanes) is 1. The van der Waals surface area contributed by atoms with Crippen molar-refractivity contribution in [2.24, 2.45) is 0 Å². The van der Waals surface area contributed by atoms with Crippen molar-refractivity contribution in [1.82, 2.24) is 5.32 Å². The lowest BCUT2D eigenvalue weighted by Gasteiger charge is -2.43. The molecule has 1 aromatic rings. The second-order valence-electron chi connectivity index (χ2n) is 7.12. The number of fused-ring (bicyclic) bond motifs is 1. The molecule has 0 amide bonds. The number of hydrogen-bond acceptors (Lipinski definition) is 2. The number of halogens is 1. The molecular weight excluding hydrogens is 304 g/mol. The molecule has 1 aliphatic heterocycles. The molecule has 0 unspecified atom stereocenters. The number of rotatable bonds is 7. The highest BCUT2D eigenvalue weighted by molar-refractivity contribution is 6.31.